The summed E-state index contributed by atoms with van der Waals surface area (Å²) in [5, 5.41) is 2.95. The molecule has 1 fully saturated rings. The number of hydrogen-bond acceptors (Lipinski definition) is 3. The van der Waals surface area contributed by atoms with Gasteiger partial charge in [0.05, 0.1) is 18.2 Å². The molecular weight excluding hydrogens is 180 g/mol. The van der Waals surface area contributed by atoms with E-state index in [9.17, 15) is 4.79 Å². The first-order valence-corrected chi connectivity index (χ1v) is 5.10. The van der Waals surface area contributed by atoms with Crippen LogP contribution in [0.1, 0.15) is 27.2 Å². The highest BCUT2D eigenvalue weighted by Crippen LogP contribution is 2.17. The Morgan fingerprint density at radius 3 is 2.64 bits per heavy atom. The average Bonchev–Trinajstić information content (AvgIpc) is 2.50. The van der Waals surface area contributed by atoms with Crippen molar-refractivity contribution in [3.05, 3.63) is 0 Å². The number of rotatable bonds is 3. The van der Waals surface area contributed by atoms with Crippen LogP contribution in [0, 0.1) is 5.92 Å². The predicted molar refractivity (Wildman–Crippen MR) is 54.8 cm³/mol. The van der Waals surface area contributed by atoms with E-state index in [0.717, 1.165) is 6.42 Å². The molecule has 1 saturated heterocycles. The molecule has 0 aromatic heterocycles. The topological polar surface area (TPSA) is 64.4 Å². The van der Waals surface area contributed by atoms with Crippen LogP contribution in [0.5, 0.6) is 0 Å². The van der Waals surface area contributed by atoms with E-state index >= 15 is 0 Å². The number of hydrogen-bond donors (Lipinski definition) is 2. The van der Waals surface area contributed by atoms with Crippen LogP contribution in [0.4, 0.5) is 0 Å². The van der Waals surface area contributed by atoms with Crippen molar-refractivity contribution in [1.82, 2.24) is 5.32 Å². The second kappa shape index (κ2) is 4.28. The predicted octanol–water partition coefficient (Wildman–Crippen LogP) is 0.265. The first-order chi connectivity index (χ1) is 6.44. The lowest BCUT2D eigenvalue weighted by atomic mass is 9.99. The fourth-order valence-electron chi connectivity index (χ4n) is 1.45. The van der Waals surface area contributed by atoms with Gasteiger partial charge in [0.1, 0.15) is 0 Å². The summed E-state index contributed by atoms with van der Waals surface area (Å²) < 4.78 is 5.25. The van der Waals surface area contributed by atoms with E-state index in [2.05, 4.69) is 5.32 Å². The van der Waals surface area contributed by atoms with Crippen LogP contribution >= 0.6 is 0 Å². The summed E-state index contributed by atoms with van der Waals surface area (Å²) in [5.41, 5.74) is 5.53. The number of ether oxygens (including phenoxy) is 1. The molecule has 0 bridgehead atoms. The third-order valence-electron chi connectivity index (χ3n) is 2.66. The molecule has 0 radical (unpaired) electrons. The lowest BCUT2D eigenvalue weighted by Gasteiger charge is -2.26. The maximum Gasteiger partial charge on any atom is 0.237 e. The van der Waals surface area contributed by atoms with E-state index in [1.807, 2.05) is 20.8 Å². The van der Waals surface area contributed by atoms with Gasteiger partial charge in [0.25, 0.3) is 0 Å². The minimum absolute atomic E-state index is 0.0759. The second-order valence-corrected chi connectivity index (χ2v) is 4.62. The third kappa shape index (κ3) is 2.69. The van der Waals surface area contributed by atoms with Gasteiger partial charge in [0.15, 0.2) is 0 Å². The van der Waals surface area contributed by atoms with Crippen molar-refractivity contribution in [2.75, 3.05) is 13.2 Å². The van der Waals surface area contributed by atoms with E-state index in [1.165, 1.54) is 0 Å². The van der Waals surface area contributed by atoms with E-state index in [1.54, 1.807) is 0 Å². The van der Waals surface area contributed by atoms with Gasteiger partial charge in [-0.15, -0.1) is 0 Å². The fourth-order valence-corrected chi connectivity index (χ4v) is 1.45. The Morgan fingerprint density at radius 1 is 1.57 bits per heavy atom. The molecule has 1 unspecified atom stereocenters. The monoisotopic (exact) mass is 200 g/mol. The Labute approximate surface area is 85.2 Å². The Hall–Kier alpha value is -0.610. The average molecular weight is 200 g/mol. The van der Waals surface area contributed by atoms with Crippen LogP contribution in [0.25, 0.3) is 0 Å². The van der Waals surface area contributed by atoms with Gasteiger partial charge in [-0.1, -0.05) is 13.8 Å². The lowest BCUT2D eigenvalue weighted by molar-refractivity contribution is -0.125. The molecule has 3 N–H and O–H groups in total. The summed E-state index contributed by atoms with van der Waals surface area (Å²) in [6.07, 6.45) is 0.865. The molecule has 1 heterocycles. The Balaban J connectivity index is 2.47. The van der Waals surface area contributed by atoms with Crippen molar-refractivity contribution in [3.63, 3.8) is 0 Å². The molecule has 1 aliphatic rings. The summed E-state index contributed by atoms with van der Waals surface area (Å²) >= 11 is 0. The molecule has 1 amide bonds. The van der Waals surface area contributed by atoms with Crippen molar-refractivity contribution >= 4 is 5.91 Å². The van der Waals surface area contributed by atoms with Gasteiger partial charge in [-0.2, -0.15) is 0 Å². The van der Waals surface area contributed by atoms with Crippen LogP contribution < -0.4 is 11.1 Å². The molecule has 82 valence electrons. The summed E-state index contributed by atoms with van der Waals surface area (Å²) in [7, 11) is 0. The molecule has 4 heteroatoms. The second-order valence-electron chi connectivity index (χ2n) is 4.62. The maximum atomic E-state index is 11.7. The molecule has 14 heavy (non-hydrogen) atoms. The van der Waals surface area contributed by atoms with E-state index in [4.69, 9.17) is 10.5 Å². The highest BCUT2D eigenvalue weighted by Gasteiger charge is 2.33. The molecule has 0 spiro atoms. The first kappa shape index (κ1) is 11.5. The molecule has 2 atom stereocenters. The highest BCUT2D eigenvalue weighted by atomic mass is 16.5. The number of nitrogens with one attached hydrogen (secondary N) is 1. The third-order valence-corrected chi connectivity index (χ3v) is 2.66. The van der Waals surface area contributed by atoms with Crippen LogP contribution in [0.2, 0.25) is 0 Å². The standard InChI is InChI=1S/C10H20N2O2/c1-7(2)8(11)9(13)12-10(3)4-5-14-6-10/h7-8H,4-6,11H2,1-3H3,(H,12,13)/t8-,10?/m0/s1. The minimum atomic E-state index is -0.424. The van der Waals surface area contributed by atoms with Crippen molar-refractivity contribution in [2.45, 2.75) is 38.8 Å². The van der Waals surface area contributed by atoms with Crippen LogP contribution in [-0.2, 0) is 9.53 Å². The van der Waals surface area contributed by atoms with Crippen LogP contribution in [0.3, 0.4) is 0 Å². The molecule has 1 rings (SSSR count). The van der Waals surface area contributed by atoms with Gasteiger partial charge in [-0.25, -0.2) is 0 Å². The minimum Gasteiger partial charge on any atom is -0.379 e. The molecule has 0 aromatic carbocycles. The van der Waals surface area contributed by atoms with Gasteiger partial charge >= 0.3 is 0 Å². The Kier molecular flexibility index (Phi) is 3.50. The van der Waals surface area contributed by atoms with E-state index < -0.39 is 6.04 Å². The summed E-state index contributed by atoms with van der Waals surface area (Å²) in [6.45, 7) is 7.18. The van der Waals surface area contributed by atoms with Crippen LogP contribution in [-0.4, -0.2) is 30.7 Å². The van der Waals surface area contributed by atoms with E-state index in [-0.39, 0.29) is 17.4 Å². The number of amides is 1. The van der Waals surface area contributed by atoms with Gasteiger partial charge in [0, 0.05) is 6.61 Å². The van der Waals surface area contributed by atoms with Gasteiger partial charge in [-0.3, -0.25) is 4.79 Å². The van der Waals surface area contributed by atoms with Crippen molar-refractivity contribution in [1.29, 1.82) is 0 Å². The molecule has 4 nitrogen and oxygen atoms in total. The summed E-state index contributed by atoms with van der Waals surface area (Å²) in [6, 6.07) is -0.424. The number of nitrogens with two attached hydrogens (primary N) is 1. The normalized spacial score (nSPS) is 29.2. The van der Waals surface area contributed by atoms with Crippen molar-refractivity contribution < 1.29 is 9.53 Å². The van der Waals surface area contributed by atoms with Crippen LogP contribution in [0.15, 0.2) is 0 Å². The smallest absolute Gasteiger partial charge is 0.237 e. The fraction of sp³-hybridized carbons (Fsp3) is 0.900. The highest BCUT2D eigenvalue weighted by molar-refractivity contribution is 5.82. The molecule has 0 aliphatic carbocycles. The van der Waals surface area contributed by atoms with E-state index in [0.29, 0.717) is 13.2 Å². The Bertz CT molecular complexity index is 210. The molecule has 0 aromatic rings. The summed E-state index contributed by atoms with van der Waals surface area (Å²) in [4.78, 5) is 11.7. The van der Waals surface area contributed by atoms with Gasteiger partial charge in [-0.05, 0) is 19.3 Å². The van der Waals surface area contributed by atoms with Crippen molar-refractivity contribution in [3.8, 4) is 0 Å². The summed E-state index contributed by atoms with van der Waals surface area (Å²) in [5.74, 6) is 0.0916. The quantitative estimate of drug-likeness (QED) is 0.687. The zero-order valence-electron chi connectivity index (χ0n) is 9.17. The molecule has 1 aliphatic heterocycles. The van der Waals surface area contributed by atoms with Gasteiger partial charge < -0.3 is 15.8 Å². The number of carbonyl (C=O) groups is 1. The zero-order valence-corrected chi connectivity index (χ0v) is 9.17. The largest absolute Gasteiger partial charge is 0.379 e. The SMILES string of the molecule is CC(C)[C@H](N)C(=O)NC1(C)CCOC1. The van der Waals surface area contributed by atoms with Gasteiger partial charge in [0.2, 0.25) is 5.91 Å². The maximum absolute atomic E-state index is 11.7. The lowest BCUT2D eigenvalue weighted by Crippen LogP contribution is -2.53. The van der Waals surface area contributed by atoms with Crippen molar-refractivity contribution in [2.24, 2.45) is 11.7 Å². The molecule has 0 saturated carbocycles. The zero-order chi connectivity index (χ0) is 10.8. The Morgan fingerprint density at radius 2 is 2.21 bits per heavy atom. The molecular formula is C10H20N2O2. The number of carbonyl (C=O) groups excluding carboxylic acids is 1. The first-order valence-electron chi connectivity index (χ1n) is 5.10.